The summed E-state index contributed by atoms with van der Waals surface area (Å²) in [7, 11) is 0. The molecule has 1 saturated heterocycles. The zero-order chi connectivity index (χ0) is 34.2. The van der Waals surface area contributed by atoms with Gasteiger partial charge in [-0.25, -0.2) is 9.59 Å². The molecule has 0 bridgehead atoms. The lowest BCUT2D eigenvalue weighted by Crippen LogP contribution is -2.63. The van der Waals surface area contributed by atoms with Crippen molar-refractivity contribution in [3.63, 3.8) is 0 Å². The van der Waals surface area contributed by atoms with Gasteiger partial charge in [-0.2, -0.15) is 0 Å². The highest BCUT2D eigenvalue weighted by atomic mass is 16.7. The number of esters is 4. The molecule has 252 valence electrons. The van der Waals surface area contributed by atoms with E-state index >= 15 is 0 Å². The molecule has 0 spiro atoms. The van der Waals surface area contributed by atoms with Gasteiger partial charge < -0.3 is 43.6 Å². The summed E-state index contributed by atoms with van der Waals surface area (Å²) in [5.41, 5.74) is 3.95. The largest absolute Gasteiger partial charge is 0.480 e. The van der Waals surface area contributed by atoms with Crippen molar-refractivity contribution in [2.45, 2.75) is 70.4 Å². The fourth-order valence-electron chi connectivity index (χ4n) is 5.47. The van der Waals surface area contributed by atoms with Crippen LogP contribution in [0.4, 0.5) is 4.79 Å². The first-order valence-electron chi connectivity index (χ1n) is 14.6. The molecule has 2 aromatic carbocycles. The molecule has 0 radical (unpaired) electrons. The smallest absolute Gasteiger partial charge is 0.407 e. The van der Waals surface area contributed by atoms with Gasteiger partial charge in [-0.3, -0.25) is 19.2 Å². The summed E-state index contributed by atoms with van der Waals surface area (Å²) >= 11 is 0. The molecule has 15 heteroatoms. The van der Waals surface area contributed by atoms with Gasteiger partial charge in [0.05, 0.1) is 6.61 Å². The first kappa shape index (κ1) is 34.8. The van der Waals surface area contributed by atoms with Gasteiger partial charge >= 0.3 is 35.9 Å². The van der Waals surface area contributed by atoms with Gasteiger partial charge in [-0.1, -0.05) is 48.5 Å². The Hall–Kier alpha value is -5.02. The second-order valence-corrected chi connectivity index (χ2v) is 10.8. The lowest BCUT2D eigenvalue weighted by atomic mass is 9.98. The number of hydrogen-bond donors (Lipinski definition) is 2. The number of hydrogen-bond acceptors (Lipinski definition) is 13. The van der Waals surface area contributed by atoms with Gasteiger partial charge in [0, 0.05) is 33.6 Å². The molecule has 1 aliphatic heterocycles. The van der Waals surface area contributed by atoms with Crippen LogP contribution in [0.2, 0.25) is 0 Å². The minimum absolute atomic E-state index is 0.0766. The van der Waals surface area contributed by atoms with Crippen LogP contribution in [-0.2, 0) is 57.1 Å². The van der Waals surface area contributed by atoms with Crippen LogP contribution < -0.4 is 5.32 Å². The molecule has 1 heterocycles. The molecule has 1 fully saturated rings. The van der Waals surface area contributed by atoms with E-state index in [1.54, 1.807) is 0 Å². The van der Waals surface area contributed by atoms with E-state index in [0.717, 1.165) is 49.9 Å². The van der Waals surface area contributed by atoms with Crippen LogP contribution in [0.3, 0.4) is 0 Å². The Morgan fingerprint density at radius 1 is 0.723 bits per heavy atom. The molecular formula is C32H35NO14. The van der Waals surface area contributed by atoms with E-state index in [2.05, 4.69) is 5.32 Å². The molecule has 47 heavy (non-hydrogen) atoms. The van der Waals surface area contributed by atoms with Crippen molar-refractivity contribution < 1.29 is 67.0 Å². The summed E-state index contributed by atoms with van der Waals surface area (Å²) < 4.78 is 37.9. The Morgan fingerprint density at radius 2 is 1.26 bits per heavy atom. The Bertz CT molecular complexity index is 1460. The SMILES string of the molecule is CC(=O)OC[C@@H]1O[C@@H](OC[C@@H](NC(=O)OCC2c3ccccc3-c3ccccc32)C(=O)O)[C@@H](OC(C)=O)[C@H](OC(C)=O)[C@H]1OC(C)=O. The van der Waals surface area contributed by atoms with E-state index in [1.807, 2.05) is 48.5 Å². The quantitative estimate of drug-likeness (QED) is 0.248. The fraction of sp³-hybridized carbons (Fsp3) is 0.438. The van der Waals surface area contributed by atoms with E-state index in [0.29, 0.717) is 0 Å². The number of carbonyl (C=O) groups is 6. The number of carboxylic acid groups (broad SMARTS) is 1. The summed E-state index contributed by atoms with van der Waals surface area (Å²) in [6.45, 7) is 2.98. The van der Waals surface area contributed by atoms with Crippen LogP contribution in [-0.4, -0.2) is 97.6 Å². The fourth-order valence-corrected chi connectivity index (χ4v) is 5.47. The van der Waals surface area contributed by atoms with Crippen LogP contribution >= 0.6 is 0 Å². The van der Waals surface area contributed by atoms with Crippen LogP contribution in [0.15, 0.2) is 48.5 Å². The third-order valence-corrected chi connectivity index (χ3v) is 7.31. The van der Waals surface area contributed by atoms with Gasteiger partial charge in [0.2, 0.25) is 0 Å². The molecule has 2 aliphatic rings. The number of fused-ring (bicyclic) bond motifs is 3. The topological polar surface area (TPSA) is 199 Å². The van der Waals surface area contributed by atoms with Crippen molar-refractivity contribution in [2.24, 2.45) is 0 Å². The third kappa shape index (κ3) is 8.83. The summed E-state index contributed by atoms with van der Waals surface area (Å²) in [6, 6.07) is 13.7. The molecule has 2 N–H and O–H groups in total. The van der Waals surface area contributed by atoms with E-state index in [1.165, 1.54) is 0 Å². The number of amides is 1. The van der Waals surface area contributed by atoms with Crippen LogP contribution in [0, 0.1) is 0 Å². The van der Waals surface area contributed by atoms with Crippen LogP contribution in [0.5, 0.6) is 0 Å². The van der Waals surface area contributed by atoms with Crippen molar-refractivity contribution in [1.82, 2.24) is 5.32 Å². The Morgan fingerprint density at radius 3 is 1.79 bits per heavy atom. The normalized spacial score (nSPS) is 22.1. The highest BCUT2D eigenvalue weighted by Crippen LogP contribution is 2.44. The maximum atomic E-state index is 12.8. The predicted molar refractivity (Wildman–Crippen MR) is 158 cm³/mol. The monoisotopic (exact) mass is 657 g/mol. The van der Waals surface area contributed by atoms with E-state index in [-0.39, 0.29) is 12.5 Å². The number of nitrogens with one attached hydrogen (secondary N) is 1. The molecule has 1 amide bonds. The number of rotatable bonds is 12. The zero-order valence-electron chi connectivity index (χ0n) is 26.0. The lowest BCUT2D eigenvalue weighted by molar-refractivity contribution is -0.308. The van der Waals surface area contributed by atoms with Gasteiger partial charge in [0.15, 0.2) is 30.6 Å². The Labute approximate surface area is 269 Å². The molecule has 1 aliphatic carbocycles. The minimum atomic E-state index is -1.68. The van der Waals surface area contributed by atoms with Gasteiger partial charge in [-0.05, 0) is 22.3 Å². The molecule has 0 unspecified atom stereocenters. The maximum Gasteiger partial charge on any atom is 0.407 e. The maximum absolute atomic E-state index is 12.8. The van der Waals surface area contributed by atoms with Crippen molar-refractivity contribution in [3.05, 3.63) is 59.7 Å². The molecule has 15 nitrogen and oxygen atoms in total. The molecule has 0 aromatic heterocycles. The number of carbonyl (C=O) groups excluding carboxylic acids is 5. The molecule has 4 rings (SSSR count). The molecule has 6 atom stereocenters. The Kier molecular flexibility index (Phi) is 11.5. The molecule has 2 aromatic rings. The number of ether oxygens (including phenoxy) is 7. The van der Waals surface area contributed by atoms with Crippen molar-refractivity contribution >= 4 is 35.9 Å². The summed E-state index contributed by atoms with van der Waals surface area (Å²) in [4.78, 5) is 72.4. The van der Waals surface area contributed by atoms with Gasteiger partial charge in [-0.15, -0.1) is 0 Å². The summed E-state index contributed by atoms with van der Waals surface area (Å²) in [5.74, 6) is -5.01. The van der Waals surface area contributed by atoms with Crippen molar-refractivity contribution in [1.29, 1.82) is 0 Å². The highest BCUT2D eigenvalue weighted by Gasteiger charge is 2.53. The van der Waals surface area contributed by atoms with E-state index in [4.69, 9.17) is 33.2 Å². The van der Waals surface area contributed by atoms with Crippen LogP contribution in [0.1, 0.15) is 44.7 Å². The first-order valence-corrected chi connectivity index (χ1v) is 14.6. The second-order valence-electron chi connectivity index (χ2n) is 10.8. The number of alkyl carbamates (subject to hydrolysis) is 1. The predicted octanol–water partition coefficient (Wildman–Crippen LogP) is 2.08. The summed E-state index contributed by atoms with van der Waals surface area (Å²) in [6.07, 6.45) is -8.49. The zero-order valence-corrected chi connectivity index (χ0v) is 26.0. The standard InChI is InChI=1S/C32H35NO14/c1-16(34)41-15-26-27(44-17(2)35)28(45-18(3)36)29(46-19(4)37)31(47-26)42-14-25(30(38)39)33-32(40)43-13-24-22-11-7-5-9-20(22)21-10-6-8-12-23(21)24/h5-12,24-29,31H,13-15H2,1-4H3,(H,33,40)(H,38,39)/t25-,26+,27+,28-,29+,31-/m1/s1. The average Bonchev–Trinajstić information content (AvgIpc) is 3.32. The number of aliphatic carboxylic acids is 1. The first-order chi connectivity index (χ1) is 22.3. The van der Waals surface area contributed by atoms with E-state index < -0.39 is 85.9 Å². The Balaban J connectivity index is 1.48. The lowest BCUT2D eigenvalue weighted by Gasteiger charge is -2.44. The van der Waals surface area contributed by atoms with Crippen molar-refractivity contribution in [2.75, 3.05) is 19.8 Å². The highest BCUT2D eigenvalue weighted by molar-refractivity contribution is 5.81. The minimum Gasteiger partial charge on any atom is -0.480 e. The number of carboxylic acids is 1. The van der Waals surface area contributed by atoms with Crippen molar-refractivity contribution in [3.8, 4) is 11.1 Å². The number of benzene rings is 2. The van der Waals surface area contributed by atoms with E-state index in [9.17, 15) is 33.9 Å². The van der Waals surface area contributed by atoms with Gasteiger partial charge in [0.25, 0.3) is 0 Å². The third-order valence-electron chi connectivity index (χ3n) is 7.31. The molecular weight excluding hydrogens is 622 g/mol. The van der Waals surface area contributed by atoms with Crippen LogP contribution in [0.25, 0.3) is 11.1 Å². The van der Waals surface area contributed by atoms with Gasteiger partial charge in [0.1, 0.15) is 19.3 Å². The molecule has 0 saturated carbocycles. The average molecular weight is 658 g/mol. The summed E-state index contributed by atoms with van der Waals surface area (Å²) in [5, 5.41) is 12.1. The second kappa shape index (κ2) is 15.5.